The van der Waals surface area contributed by atoms with Gasteiger partial charge in [-0.05, 0) is 33.2 Å². The van der Waals surface area contributed by atoms with Gasteiger partial charge in [0, 0.05) is 55.5 Å². The molecule has 6 heteroatoms. The molecule has 1 atom stereocenters. The van der Waals surface area contributed by atoms with Gasteiger partial charge in [0.1, 0.15) is 5.82 Å². The van der Waals surface area contributed by atoms with E-state index < -0.39 is 0 Å². The SMILES string of the molecule is CC(=O)N[C@@H]1CN(C)C2(CCN(c3cc(C)nc(-c4ccccc4)n3)CC2)C1. The van der Waals surface area contributed by atoms with Crippen LogP contribution in [0.3, 0.4) is 0 Å². The first-order valence-electron chi connectivity index (χ1n) is 10.1. The lowest BCUT2D eigenvalue weighted by molar-refractivity contribution is -0.119. The second kappa shape index (κ2) is 7.51. The van der Waals surface area contributed by atoms with Crippen molar-refractivity contribution in [3.05, 3.63) is 42.1 Å². The van der Waals surface area contributed by atoms with E-state index in [2.05, 4.69) is 45.3 Å². The smallest absolute Gasteiger partial charge is 0.217 e. The van der Waals surface area contributed by atoms with Gasteiger partial charge in [-0.15, -0.1) is 0 Å². The molecule has 2 aromatic rings. The number of aryl methyl sites for hydroxylation is 1. The minimum atomic E-state index is 0.0674. The van der Waals surface area contributed by atoms with Crippen LogP contribution in [0.1, 0.15) is 31.9 Å². The number of likely N-dealkylation sites (N-methyl/N-ethyl adjacent to an activating group) is 1. The van der Waals surface area contributed by atoms with E-state index in [1.165, 1.54) is 0 Å². The Bertz CT molecular complexity index is 845. The summed E-state index contributed by atoms with van der Waals surface area (Å²) in [7, 11) is 2.19. The van der Waals surface area contributed by atoms with Crippen molar-refractivity contribution in [2.24, 2.45) is 0 Å². The Morgan fingerprint density at radius 1 is 1.18 bits per heavy atom. The average molecular weight is 380 g/mol. The third-order valence-electron chi connectivity index (χ3n) is 6.23. The zero-order valence-electron chi connectivity index (χ0n) is 17.0. The van der Waals surface area contributed by atoms with Crippen LogP contribution < -0.4 is 10.2 Å². The summed E-state index contributed by atoms with van der Waals surface area (Å²) in [5.41, 5.74) is 2.23. The van der Waals surface area contributed by atoms with E-state index in [1.54, 1.807) is 6.92 Å². The van der Waals surface area contributed by atoms with Crippen LogP contribution in [0.5, 0.6) is 0 Å². The molecule has 0 bridgehead atoms. The molecule has 1 amide bonds. The number of piperidine rings is 1. The van der Waals surface area contributed by atoms with Crippen molar-refractivity contribution in [2.45, 2.75) is 44.7 Å². The van der Waals surface area contributed by atoms with Crippen molar-refractivity contribution in [3.8, 4) is 11.4 Å². The van der Waals surface area contributed by atoms with Crippen molar-refractivity contribution in [3.63, 3.8) is 0 Å². The van der Waals surface area contributed by atoms with E-state index in [1.807, 2.05) is 25.1 Å². The van der Waals surface area contributed by atoms with Gasteiger partial charge in [-0.25, -0.2) is 9.97 Å². The van der Waals surface area contributed by atoms with E-state index in [0.29, 0.717) is 0 Å². The molecule has 6 nitrogen and oxygen atoms in total. The number of hydrogen-bond donors (Lipinski definition) is 1. The van der Waals surface area contributed by atoms with Crippen LogP contribution >= 0.6 is 0 Å². The highest BCUT2D eigenvalue weighted by Gasteiger charge is 2.45. The monoisotopic (exact) mass is 379 g/mol. The summed E-state index contributed by atoms with van der Waals surface area (Å²) in [4.78, 5) is 25.8. The van der Waals surface area contributed by atoms with E-state index in [9.17, 15) is 4.79 Å². The topological polar surface area (TPSA) is 61.4 Å². The van der Waals surface area contributed by atoms with Gasteiger partial charge in [0.05, 0.1) is 0 Å². The predicted molar refractivity (Wildman–Crippen MR) is 111 cm³/mol. The number of nitrogens with one attached hydrogen (secondary N) is 1. The number of hydrogen-bond acceptors (Lipinski definition) is 5. The third kappa shape index (κ3) is 3.74. The molecule has 2 aliphatic rings. The van der Waals surface area contributed by atoms with Gasteiger partial charge in [0.2, 0.25) is 5.91 Å². The number of carbonyl (C=O) groups is 1. The normalized spacial score (nSPS) is 21.8. The van der Waals surface area contributed by atoms with Gasteiger partial charge in [0.15, 0.2) is 5.82 Å². The summed E-state index contributed by atoms with van der Waals surface area (Å²) in [6.45, 7) is 6.52. The molecule has 1 N–H and O–H groups in total. The zero-order valence-corrected chi connectivity index (χ0v) is 17.0. The third-order valence-corrected chi connectivity index (χ3v) is 6.23. The van der Waals surface area contributed by atoms with Crippen molar-refractivity contribution in [2.75, 3.05) is 31.6 Å². The largest absolute Gasteiger partial charge is 0.356 e. The Hall–Kier alpha value is -2.47. The van der Waals surface area contributed by atoms with E-state index in [0.717, 1.165) is 61.8 Å². The van der Waals surface area contributed by atoms with Gasteiger partial charge < -0.3 is 10.2 Å². The molecule has 0 aliphatic carbocycles. The van der Waals surface area contributed by atoms with Crippen molar-refractivity contribution >= 4 is 11.7 Å². The second-order valence-corrected chi connectivity index (χ2v) is 8.25. The summed E-state index contributed by atoms with van der Waals surface area (Å²) >= 11 is 0. The Morgan fingerprint density at radius 2 is 1.89 bits per heavy atom. The van der Waals surface area contributed by atoms with Crippen LogP contribution in [0.2, 0.25) is 0 Å². The highest BCUT2D eigenvalue weighted by atomic mass is 16.1. The fraction of sp³-hybridized carbons (Fsp3) is 0.500. The second-order valence-electron chi connectivity index (χ2n) is 8.25. The van der Waals surface area contributed by atoms with Crippen LogP contribution in [0.4, 0.5) is 5.82 Å². The summed E-state index contributed by atoms with van der Waals surface area (Å²) in [6, 6.07) is 12.5. The van der Waals surface area contributed by atoms with Crippen molar-refractivity contribution < 1.29 is 4.79 Å². The van der Waals surface area contributed by atoms with Crippen LogP contribution in [-0.2, 0) is 4.79 Å². The number of nitrogens with zero attached hydrogens (tertiary/aromatic N) is 4. The molecule has 1 aromatic carbocycles. The lowest BCUT2D eigenvalue weighted by Gasteiger charge is -2.44. The Kier molecular flexibility index (Phi) is 5.06. The maximum Gasteiger partial charge on any atom is 0.217 e. The molecule has 0 radical (unpaired) electrons. The van der Waals surface area contributed by atoms with Gasteiger partial charge in [-0.2, -0.15) is 0 Å². The zero-order chi connectivity index (χ0) is 19.7. The summed E-state index contributed by atoms with van der Waals surface area (Å²) in [5, 5.41) is 3.10. The fourth-order valence-corrected chi connectivity index (χ4v) is 4.76. The first-order valence-corrected chi connectivity index (χ1v) is 10.1. The molecule has 1 spiro atoms. The molecule has 2 aliphatic heterocycles. The van der Waals surface area contributed by atoms with Crippen LogP contribution in [0.25, 0.3) is 11.4 Å². The summed E-state index contributed by atoms with van der Waals surface area (Å²) in [6.07, 6.45) is 3.21. The molecule has 1 aromatic heterocycles. The quantitative estimate of drug-likeness (QED) is 0.888. The highest BCUT2D eigenvalue weighted by Crippen LogP contribution is 2.38. The number of carbonyl (C=O) groups excluding carboxylic acids is 1. The standard InChI is InChI=1S/C22H29N5O/c1-16-13-20(25-21(23-16)18-7-5-4-6-8-18)27-11-9-22(10-12-27)14-19(15-26(22)3)24-17(2)28/h4-8,13,19H,9-12,14-15H2,1-3H3,(H,24,28)/t19-/m0/s1. The number of benzene rings is 1. The molecular formula is C22H29N5O. The van der Waals surface area contributed by atoms with Gasteiger partial charge in [0.25, 0.3) is 0 Å². The average Bonchev–Trinajstić information content (AvgIpc) is 2.96. The molecule has 3 heterocycles. The molecule has 0 saturated carbocycles. The molecule has 28 heavy (non-hydrogen) atoms. The molecule has 2 saturated heterocycles. The first kappa shape index (κ1) is 18.9. The van der Waals surface area contributed by atoms with E-state index in [-0.39, 0.29) is 17.5 Å². The fourth-order valence-electron chi connectivity index (χ4n) is 4.76. The first-order chi connectivity index (χ1) is 13.4. The van der Waals surface area contributed by atoms with Gasteiger partial charge in [-0.1, -0.05) is 30.3 Å². The maximum absolute atomic E-state index is 11.4. The molecule has 4 rings (SSSR count). The number of amides is 1. The minimum absolute atomic E-state index is 0.0674. The predicted octanol–water partition coefficient (Wildman–Crippen LogP) is 2.63. The van der Waals surface area contributed by atoms with Gasteiger partial charge in [-0.3, -0.25) is 9.69 Å². The highest BCUT2D eigenvalue weighted by molar-refractivity contribution is 5.73. The summed E-state index contributed by atoms with van der Waals surface area (Å²) in [5.74, 6) is 1.87. The van der Waals surface area contributed by atoms with Crippen molar-refractivity contribution in [1.82, 2.24) is 20.2 Å². The number of anilines is 1. The number of aromatic nitrogens is 2. The number of rotatable bonds is 3. The Labute approximate surface area is 167 Å². The van der Waals surface area contributed by atoms with Crippen LogP contribution in [0, 0.1) is 6.92 Å². The Morgan fingerprint density at radius 3 is 2.57 bits per heavy atom. The van der Waals surface area contributed by atoms with E-state index in [4.69, 9.17) is 4.98 Å². The van der Waals surface area contributed by atoms with E-state index >= 15 is 0 Å². The van der Waals surface area contributed by atoms with Crippen LogP contribution in [-0.4, -0.2) is 59.0 Å². The van der Waals surface area contributed by atoms with Crippen LogP contribution in [0.15, 0.2) is 36.4 Å². The van der Waals surface area contributed by atoms with Crippen molar-refractivity contribution in [1.29, 1.82) is 0 Å². The minimum Gasteiger partial charge on any atom is -0.356 e. The maximum atomic E-state index is 11.4. The molecule has 148 valence electrons. The number of likely N-dealkylation sites (tertiary alicyclic amines) is 1. The molecule has 0 unspecified atom stereocenters. The molecule has 2 fully saturated rings. The Balaban J connectivity index is 1.49. The lowest BCUT2D eigenvalue weighted by atomic mass is 9.84. The lowest BCUT2D eigenvalue weighted by Crippen LogP contribution is -2.51. The van der Waals surface area contributed by atoms with Gasteiger partial charge >= 0.3 is 0 Å². The summed E-state index contributed by atoms with van der Waals surface area (Å²) < 4.78 is 0. The molecular weight excluding hydrogens is 350 g/mol.